The van der Waals surface area contributed by atoms with E-state index in [2.05, 4.69) is 11.1 Å². The molecule has 2 aromatic rings. The number of nitrogens with zero attached hydrogens (tertiary/aromatic N) is 2. The van der Waals surface area contributed by atoms with Crippen molar-refractivity contribution in [3.05, 3.63) is 65.2 Å². The lowest BCUT2D eigenvalue weighted by atomic mass is 10.1. The van der Waals surface area contributed by atoms with Crippen LogP contribution in [0.25, 0.3) is 0 Å². The van der Waals surface area contributed by atoms with E-state index in [1.165, 1.54) is 5.57 Å². The lowest BCUT2D eigenvalue weighted by Gasteiger charge is -2.20. The normalized spacial score (nSPS) is 19.6. The van der Waals surface area contributed by atoms with Crippen LogP contribution >= 0.6 is 0 Å². The van der Waals surface area contributed by atoms with Gasteiger partial charge in [0.15, 0.2) is 11.5 Å². The van der Waals surface area contributed by atoms with Crippen LogP contribution in [0.1, 0.15) is 29.3 Å². The van der Waals surface area contributed by atoms with Crippen LogP contribution in [-0.4, -0.2) is 36.7 Å². The van der Waals surface area contributed by atoms with E-state index in [1.54, 1.807) is 19.2 Å². The lowest BCUT2D eigenvalue weighted by molar-refractivity contribution is 0.0777. The fraction of sp³-hybridized carbons (Fsp3) is 0.273. The lowest BCUT2D eigenvalue weighted by Crippen LogP contribution is -2.35. The Morgan fingerprint density at radius 1 is 1.22 bits per heavy atom. The van der Waals surface area contributed by atoms with Crippen molar-refractivity contribution >= 4 is 17.8 Å². The maximum absolute atomic E-state index is 13.1. The van der Waals surface area contributed by atoms with Gasteiger partial charge in [-0.05, 0) is 25.0 Å². The smallest absolute Gasteiger partial charge is 0.257 e. The van der Waals surface area contributed by atoms with Gasteiger partial charge < -0.3 is 14.4 Å². The number of carbonyl (C=O) groups is 1. The van der Waals surface area contributed by atoms with Gasteiger partial charge in [-0.2, -0.15) is 0 Å². The average Bonchev–Trinajstić information content (AvgIpc) is 3.09. The van der Waals surface area contributed by atoms with Crippen LogP contribution in [-0.2, 0) is 6.61 Å². The van der Waals surface area contributed by atoms with E-state index in [9.17, 15) is 4.79 Å². The summed E-state index contributed by atoms with van der Waals surface area (Å²) in [7, 11) is 1.58. The Bertz CT molecular complexity index is 919. The molecule has 4 rings (SSSR count). The maximum Gasteiger partial charge on any atom is 0.257 e. The molecular formula is C22H22N2O3. The number of aliphatic imine (C=N–C) groups is 1. The first-order valence-corrected chi connectivity index (χ1v) is 9.07. The molecule has 1 amide bonds. The summed E-state index contributed by atoms with van der Waals surface area (Å²) in [5, 5.41) is 0. The number of allylic oxidation sites excluding steroid dienone is 1. The highest BCUT2D eigenvalue weighted by atomic mass is 16.5. The molecule has 0 aliphatic carbocycles. The standard InChI is InChI=1S/C22H22N2O3/c1-3-15-9-17-12-23-19-11-21(27-14-16-7-5-4-6-8-16)20(26-2)10-18(19)22(25)24(17)13-15/h3-8,10-12,17H,9,13-14H2,1-2H3/b15-3-/t17-/m0/s1. The number of fused-ring (bicyclic) bond motifs is 2. The molecule has 5 heteroatoms. The summed E-state index contributed by atoms with van der Waals surface area (Å²) in [6.45, 7) is 3.09. The minimum absolute atomic E-state index is 0.00998. The van der Waals surface area contributed by atoms with Crippen LogP contribution in [0.5, 0.6) is 11.5 Å². The summed E-state index contributed by atoms with van der Waals surface area (Å²) in [4.78, 5) is 19.5. The van der Waals surface area contributed by atoms with Gasteiger partial charge in [0.1, 0.15) is 6.61 Å². The topological polar surface area (TPSA) is 51.1 Å². The van der Waals surface area contributed by atoms with Crippen molar-refractivity contribution in [1.82, 2.24) is 4.90 Å². The Labute approximate surface area is 158 Å². The first-order valence-electron chi connectivity index (χ1n) is 9.07. The quantitative estimate of drug-likeness (QED) is 0.768. The molecule has 0 bridgehead atoms. The Morgan fingerprint density at radius 2 is 2.04 bits per heavy atom. The first-order chi connectivity index (χ1) is 13.2. The van der Waals surface area contributed by atoms with Crippen LogP contribution in [0.3, 0.4) is 0 Å². The van der Waals surface area contributed by atoms with Gasteiger partial charge in [-0.1, -0.05) is 42.0 Å². The van der Waals surface area contributed by atoms with E-state index in [4.69, 9.17) is 9.47 Å². The second kappa shape index (κ2) is 7.27. The van der Waals surface area contributed by atoms with Crippen LogP contribution in [0.15, 0.2) is 59.1 Å². The number of hydrogen-bond acceptors (Lipinski definition) is 4. The summed E-state index contributed by atoms with van der Waals surface area (Å²) < 4.78 is 11.4. The fourth-order valence-electron chi connectivity index (χ4n) is 3.50. The molecule has 138 valence electrons. The summed E-state index contributed by atoms with van der Waals surface area (Å²) in [5.74, 6) is 1.11. The molecule has 0 saturated carbocycles. The van der Waals surface area contributed by atoms with Crippen LogP contribution in [0.4, 0.5) is 5.69 Å². The van der Waals surface area contributed by atoms with Crippen molar-refractivity contribution in [2.24, 2.45) is 4.99 Å². The minimum Gasteiger partial charge on any atom is -0.493 e. The highest BCUT2D eigenvalue weighted by Gasteiger charge is 2.34. The number of methoxy groups -OCH3 is 1. The van der Waals surface area contributed by atoms with Crippen LogP contribution in [0.2, 0.25) is 0 Å². The highest BCUT2D eigenvalue weighted by molar-refractivity contribution is 6.03. The molecule has 2 aromatic carbocycles. The number of hydrogen-bond donors (Lipinski definition) is 0. The molecule has 1 atom stereocenters. The van der Waals surface area contributed by atoms with E-state index >= 15 is 0 Å². The molecule has 1 fully saturated rings. The van der Waals surface area contributed by atoms with Gasteiger partial charge >= 0.3 is 0 Å². The summed E-state index contributed by atoms with van der Waals surface area (Å²) in [6.07, 6.45) is 4.79. The van der Waals surface area contributed by atoms with Gasteiger partial charge in [0, 0.05) is 18.8 Å². The van der Waals surface area contributed by atoms with Gasteiger partial charge in [-0.25, -0.2) is 0 Å². The van der Waals surface area contributed by atoms with Gasteiger partial charge in [-0.3, -0.25) is 9.79 Å². The molecule has 1 saturated heterocycles. The monoisotopic (exact) mass is 362 g/mol. The van der Waals surface area contributed by atoms with Gasteiger partial charge in [-0.15, -0.1) is 0 Å². The summed E-state index contributed by atoms with van der Waals surface area (Å²) in [5.41, 5.74) is 3.50. The largest absolute Gasteiger partial charge is 0.493 e. The molecule has 2 heterocycles. The fourth-order valence-corrected chi connectivity index (χ4v) is 3.50. The van der Waals surface area contributed by atoms with Crippen molar-refractivity contribution < 1.29 is 14.3 Å². The van der Waals surface area contributed by atoms with Gasteiger partial charge in [0.05, 0.1) is 24.4 Å². The Hall–Kier alpha value is -3.08. The van der Waals surface area contributed by atoms with Crippen LogP contribution < -0.4 is 9.47 Å². The number of benzene rings is 2. The molecule has 0 radical (unpaired) electrons. The number of carbonyl (C=O) groups excluding carboxylic acids is 1. The molecule has 2 aliphatic rings. The summed E-state index contributed by atoms with van der Waals surface area (Å²) >= 11 is 0. The van der Waals surface area contributed by atoms with Crippen molar-refractivity contribution in [3.63, 3.8) is 0 Å². The number of ether oxygens (including phenoxy) is 2. The predicted octanol–water partition coefficient (Wildman–Crippen LogP) is 4.15. The third-order valence-electron chi connectivity index (χ3n) is 5.05. The zero-order valence-corrected chi connectivity index (χ0v) is 15.5. The first kappa shape index (κ1) is 17.3. The van der Waals surface area contributed by atoms with Crippen molar-refractivity contribution in [2.75, 3.05) is 13.7 Å². The number of rotatable bonds is 4. The SMILES string of the molecule is C/C=C1/C[C@H]2C=Nc3cc(OCc4ccccc4)c(OC)cc3C(=O)N2C1. The molecule has 0 N–H and O–H groups in total. The molecular weight excluding hydrogens is 340 g/mol. The predicted molar refractivity (Wildman–Crippen MR) is 105 cm³/mol. The van der Waals surface area contributed by atoms with Crippen molar-refractivity contribution in [3.8, 4) is 11.5 Å². The van der Waals surface area contributed by atoms with Crippen molar-refractivity contribution in [1.29, 1.82) is 0 Å². The molecule has 0 aromatic heterocycles. The minimum atomic E-state index is -0.0164. The molecule has 5 nitrogen and oxygen atoms in total. The van der Waals surface area contributed by atoms with E-state index in [0.29, 0.717) is 35.9 Å². The Morgan fingerprint density at radius 3 is 2.78 bits per heavy atom. The third-order valence-corrected chi connectivity index (χ3v) is 5.05. The molecule has 0 unspecified atom stereocenters. The van der Waals surface area contributed by atoms with Gasteiger partial charge in [0.2, 0.25) is 0 Å². The molecule has 2 aliphatic heterocycles. The van der Waals surface area contributed by atoms with E-state index < -0.39 is 0 Å². The van der Waals surface area contributed by atoms with Crippen molar-refractivity contribution in [2.45, 2.75) is 26.0 Å². The van der Waals surface area contributed by atoms with E-state index in [1.807, 2.05) is 48.4 Å². The summed E-state index contributed by atoms with van der Waals surface area (Å²) in [6, 6.07) is 13.5. The highest BCUT2D eigenvalue weighted by Crippen LogP contribution is 2.38. The van der Waals surface area contributed by atoms with Crippen LogP contribution in [0, 0.1) is 0 Å². The van der Waals surface area contributed by atoms with Gasteiger partial charge in [0.25, 0.3) is 5.91 Å². The Kier molecular flexibility index (Phi) is 4.67. The maximum atomic E-state index is 13.1. The zero-order valence-electron chi connectivity index (χ0n) is 15.5. The van der Waals surface area contributed by atoms with E-state index in [-0.39, 0.29) is 11.9 Å². The second-order valence-electron chi connectivity index (χ2n) is 6.72. The molecule has 0 spiro atoms. The third kappa shape index (κ3) is 3.33. The Balaban J connectivity index is 1.65. The van der Waals surface area contributed by atoms with E-state index in [0.717, 1.165) is 12.0 Å². The average molecular weight is 362 g/mol. The zero-order chi connectivity index (χ0) is 18.8. The molecule has 27 heavy (non-hydrogen) atoms. The second-order valence-corrected chi connectivity index (χ2v) is 6.72. The number of amides is 1.